The van der Waals surface area contributed by atoms with Gasteiger partial charge in [0.1, 0.15) is 18.1 Å². The molecule has 8 aromatic rings. The third kappa shape index (κ3) is 23.2. The molecular formula is C56H52Cl7N13O9. The predicted molar refractivity (Wildman–Crippen MR) is 330 cm³/mol. The molecule has 1 aliphatic heterocycles. The normalized spacial score (nSPS) is 12.5. The van der Waals surface area contributed by atoms with Crippen LogP contribution < -0.4 is 45.4 Å². The van der Waals surface area contributed by atoms with Crippen molar-refractivity contribution in [1.82, 2.24) is 46.6 Å². The third-order valence-corrected chi connectivity index (χ3v) is 12.4. The van der Waals surface area contributed by atoms with Crippen LogP contribution in [0.15, 0.2) is 155 Å². The molecule has 444 valence electrons. The molecule has 0 bridgehead atoms. The fourth-order valence-electron chi connectivity index (χ4n) is 6.41. The van der Waals surface area contributed by atoms with Crippen LogP contribution in [0.2, 0.25) is 35.2 Å². The number of carbonyl (C=O) groups is 4. The van der Waals surface area contributed by atoms with Gasteiger partial charge >= 0.3 is 0 Å². The number of imidazole rings is 1. The zero-order chi connectivity index (χ0) is 61.1. The maximum Gasteiger partial charge on any atom is 0.284 e. The van der Waals surface area contributed by atoms with Gasteiger partial charge in [-0.15, -0.1) is 0 Å². The summed E-state index contributed by atoms with van der Waals surface area (Å²) in [4.78, 5) is 62.1. The van der Waals surface area contributed by atoms with Gasteiger partial charge in [-0.05, 0) is 108 Å². The molecule has 1 unspecified atom stereocenters. The topological polar surface area (TPSA) is 288 Å². The Morgan fingerprint density at radius 1 is 0.553 bits per heavy atom. The molecule has 0 radical (unpaired) electrons. The Balaban J connectivity index is 0.000000182. The van der Waals surface area contributed by atoms with E-state index in [0.29, 0.717) is 53.8 Å². The summed E-state index contributed by atoms with van der Waals surface area (Å²) >= 11 is 41.0. The van der Waals surface area contributed by atoms with E-state index in [1.54, 1.807) is 61.2 Å². The zero-order valence-electron chi connectivity index (χ0n) is 45.0. The van der Waals surface area contributed by atoms with Crippen LogP contribution in [-0.2, 0) is 24.6 Å². The minimum atomic E-state index is -0.728. The maximum absolute atomic E-state index is 12.2. The lowest BCUT2D eigenvalue weighted by molar-refractivity contribution is -0.130. The van der Waals surface area contributed by atoms with E-state index in [1.165, 1.54) is 49.4 Å². The smallest absolute Gasteiger partial charge is 0.284 e. The molecule has 4 aromatic heterocycles. The Labute approximate surface area is 521 Å². The molecule has 0 saturated heterocycles. The minimum absolute atomic E-state index is 0.00603. The average molecular weight is 1300 g/mol. The van der Waals surface area contributed by atoms with Gasteiger partial charge in [0.2, 0.25) is 6.10 Å². The number of nitrogens with one attached hydrogen (secondary N) is 8. The lowest BCUT2D eigenvalue weighted by atomic mass is 9.87. The van der Waals surface area contributed by atoms with Crippen molar-refractivity contribution in [3.63, 3.8) is 0 Å². The predicted octanol–water partition coefficient (Wildman–Crippen LogP) is 11.2. The van der Waals surface area contributed by atoms with Crippen LogP contribution in [0.4, 0.5) is 0 Å². The number of hydrazone groups is 4. The monoisotopic (exact) mass is 1300 g/mol. The molecule has 0 aliphatic carbocycles. The van der Waals surface area contributed by atoms with Crippen molar-refractivity contribution in [3.8, 4) is 28.7 Å². The molecule has 1 atom stereocenters. The van der Waals surface area contributed by atoms with E-state index in [9.17, 15) is 19.2 Å². The highest BCUT2D eigenvalue weighted by atomic mass is 35.5. The fourth-order valence-corrected chi connectivity index (χ4v) is 8.26. The molecule has 22 nitrogen and oxygen atoms in total. The van der Waals surface area contributed by atoms with Crippen molar-refractivity contribution in [1.29, 1.82) is 0 Å². The van der Waals surface area contributed by atoms with Gasteiger partial charge in [0.25, 0.3) is 23.6 Å². The Kier molecular flexibility index (Phi) is 26.1. The lowest BCUT2D eigenvalue weighted by Gasteiger charge is -2.27. The number of aromatic amines is 4. The Morgan fingerprint density at radius 2 is 1.01 bits per heavy atom. The molecule has 4 aromatic carbocycles. The number of hydrogen-bond acceptors (Lipinski definition) is 14. The number of rotatable bonds is 18. The number of amides is 4. The van der Waals surface area contributed by atoms with Crippen LogP contribution in [0.1, 0.15) is 49.1 Å². The van der Waals surface area contributed by atoms with Crippen molar-refractivity contribution in [2.24, 2.45) is 20.4 Å². The number of nitrogens with zero attached hydrogens (tertiary/aromatic N) is 5. The first kappa shape index (κ1) is 65.7. The number of hydrogen-bond donors (Lipinski definition) is 8. The highest BCUT2D eigenvalue weighted by molar-refractivity contribution is 6.40. The van der Waals surface area contributed by atoms with Gasteiger partial charge in [-0.3, -0.25) is 19.2 Å². The number of halogens is 7. The van der Waals surface area contributed by atoms with Gasteiger partial charge in [-0.2, -0.15) is 20.4 Å². The summed E-state index contributed by atoms with van der Waals surface area (Å²) in [6, 6.07) is 29.3. The molecular weight excluding hydrogens is 1250 g/mol. The molecule has 0 spiro atoms. The Bertz CT molecular complexity index is 3430. The van der Waals surface area contributed by atoms with E-state index in [2.05, 4.69) is 87.8 Å². The summed E-state index contributed by atoms with van der Waals surface area (Å²) in [6.45, 7) is 5.85. The van der Waals surface area contributed by atoms with Crippen LogP contribution in [-0.4, -0.2) is 106 Å². The number of benzene rings is 4. The van der Waals surface area contributed by atoms with Crippen LogP contribution in [0, 0.1) is 0 Å². The van der Waals surface area contributed by atoms with E-state index >= 15 is 0 Å². The Hall–Kier alpha value is -8.48. The second-order valence-electron chi connectivity index (χ2n) is 18.0. The maximum atomic E-state index is 12.2. The number of carbonyl (C=O) groups excluding carboxylic acids is 4. The minimum Gasteiger partial charge on any atom is -0.485 e. The number of aromatic nitrogens is 5. The third-order valence-electron chi connectivity index (χ3n) is 10.5. The molecule has 0 saturated carbocycles. The highest BCUT2D eigenvalue weighted by Crippen LogP contribution is 2.37. The average Bonchev–Trinajstić information content (AvgIpc) is 4.53. The summed E-state index contributed by atoms with van der Waals surface area (Å²) in [7, 11) is 0. The van der Waals surface area contributed by atoms with Gasteiger partial charge in [-0.25, -0.2) is 26.7 Å². The first-order valence-corrected chi connectivity index (χ1v) is 27.5. The van der Waals surface area contributed by atoms with Gasteiger partial charge in [-0.1, -0.05) is 108 Å². The van der Waals surface area contributed by atoms with Crippen molar-refractivity contribution >= 4 is 130 Å². The van der Waals surface area contributed by atoms with Gasteiger partial charge in [0.05, 0.1) is 80.2 Å². The second kappa shape index (κ2) is 33.7. The summed E-state index contributed by atoms with van der Waals surface area (Å²) in [5.41, 5.74) is 13.6. The fraction of sp³-hybridized carbons (Fsp3) is 0.161. The molecule has 85 heavy (non-hydrogen) atoms. The number of fused-ring (bicyclic) bond motifs is 1. The van der Waals surface area contributed by atoms with Gasteiger partial charge in [0, 0.05) is 33.7 Å². The summed E-state index contributed by atoms with van der Waals surface area (Å²) in [6.07, 6.45) is 13.6. The van der Waals surface area contributed by atoms with Crippen molar-refractivity contribution in [3.05, 3.63) is 198 Å². The van der Waals surface area contributed by atoms with E-state index < -0.39 is 17.9 Å². The van der Waals surface area contributed by atoms with Crippen LogP contribution in [0.3, 0.4) is 0 Å². The van der Waals surface area contributed by atoms with Gasteiger partial charge < -0.3 is 43.6 Å². The SMILES string of the molecule is CC(C)(C)c1ccc2c(c1)OC(C(=O)N/N=C/c1ccc[nH]1)CO2.O=C(COc1c(Cl)cc(Cl)cc1Cl)N/N=C/c1ccc[nH]1.O=C(COc1ccc(Cl)cc1Cl)N/N=C/c1ccc[nH]1.O=C(COc1ccc(Cl)cc1Cl)N/N=C/c1cnc[nH]1. The van der Waals surface area contributed by atoms with Crippen molar-refractivity contribution in [2.75, 3.05) is 26.4 Å². The first-order chi connectivity index (χ1) is 40.8. The summed E-state index contributed by atoms with van der Waals surface area (Å²) in [5, 5.41) is 17.7. The Morgan fingerprint density at radius 3 is 1.45 bits per heavy atom. The highest BCUT2D eigenvalue weighted by Gasteiger charge is 2.29. The second-order valence-corrected chi connectivity index (χ2v) is 21.0. The molecule has 5 heterocycles. The molecule has 9 rings (SSSR count). The van der Waals surface area contributed by atoms with E-state index in [4.69, 9.17) is 105 Å². The molecule has 1 aliphatic rings. The molecule has 0 fully saturated rings. The van der Waals surface area contributed by atoms with E-state index in [1.807, 2.05) is 48.5 Å². The molecule has 29 heteroatoms. The van der Waals surface area contributed by atoms with E-state index in [-0.39, 0.29) is 59.5 Å². The number of ether oxygens (including phenoxy) is 5. The largest absolute Gasteiger partial charge is 0.485 e. The van der Waals surface area contributed by atoms with Crippen LogP contribution in [0.25, 0.3) is 0 Å². The standard InChI is InChI=1S/C18H21N3O3.C13H10Cl3N3O2.C13H11Cl2N3O2.C12H10Cl2N4O2/c1-18(2,3)12-6-7-14-15(9-12)24-16(11-23-14)17(22)21-20-10-13-5-4-8-19-13;14-8-4-10(15)13(11(16)5-8)21-7-12(20)19-18-6-9-2-1-3-17-9;14-9-3-4-12(11(15)6-9)20-8-13(19)18-17-7-10-2-1-5-16-10;13-8-1-2-11(10(14)3-8)20-6-12(19)18-17-5-9-4-15-7-16-9/h4-10,16,19H,11H2,1-3H3,(H,21,22);1-6,17H,7H2,(H,19,20);1-7,16H,8H2,(H,18,19);1-5,7H,6H2,(H,15,16)(H,18,19)/b20-10+;18-6+;17-7+;17-5+. The van der Waals surface area contributed by atoms with E-state index in [0.717, 1.165) is 22.6 Å². The van der Waals surface area contributed by atoms with Crippen molar-refractivity contribution in [2.45, 2.75) is 32.3 Å². The molecule has 8 N–H and O–H groups in total. The summed E-state index contributed by atoms with van der Waals surface area (Å²) < 4.78 is 27.2. The van der Waals surface area contributed by atoms with Gasteiger partial charge in [0.15, 0.2) is 37.1 Å². The van der Waals surface area contributed by atoms with Crippen LogP contribution in [0.5, 0.6) is 28.7 Å². The molecule has 4 amide bonds. The number of H-pyrrole nitrogens is 4. The first-order valence-electron chi connectivity index (χ1n) is 24.8. The lowest BCUT2D eigenvalue weighted by Crippen LogP contribution is -2.42. The quantitative estimate of drug-likeness (QED) is 0.0297. The van der Waals surface area contributed by atoms with Crippen molar-refractivity contribution < 1.29 is 42.9 Å². The summed E-state index contributed by atoms with van der Waals surface area (Å²) in [5.74, 6) is 0.619. The van der Waals surface area contributed by atoms with Crippen LogP contribution >= 0.6 is 81.2 Å². The zero-order valence-corrected chi connectivity index (χ0v) is 50.3.